The van der Waals surface area contributed by atoms with Gasteiger partial charge in [0.25, 0.3) is 15.7 Å². The number of nitrogens with zero attached hydrogens (tertiary/aromatic N) is 3. The molecular formula is C23H18ClN5O6S. The van der Waals surface area contributed by atoms with E-state index in [1.54, 1.807) is 55.5 Å². The van der Waals surface area contributed by atoms with Gasteiger partial charge in [0.15, 0.2) is 11.6 Å². The first-order chi connectivity index (χ1) is 17.2. The standard InChI is InChI=1S/C23H18ClN5O6S/c1-2-35-23(30)14-7-9-15(10-8-14)25-21-22(27-19-6-4-3-5-18(19)26-21)28-36(33,34)16-11-12-17(24)20(13-16)29(31)32/h3-13H,2H2,1H3,(H,25,26)(H,27,28). The van der Waals surface area contributed by atoms with Crippen molar-refractivity contribution in [2.45, 2.75) is 11.8 Å². The number of halogens is 1. The smallest absolute Gasteiger partial charge is 0.338 e. The van der Waals surface area contributed by atoms with Crippen LogP contribution < -0.4 is 10.0 Å². The summed E-state index contributed by atoms with van der Waals surface area (Å²) in [6.45, 7) is 1.95. The Morgan fingerprint density at radius 1 is 1.03 bits per heavy atom. The lowest BCUT2D eigenvalue weighted by atomic mass is 10.2. The van der Waals surface area contributed by atoms with Crippen molar-refractivity contribution >= 4 is 61.6 Å². The fourth-order valence-electron chi connectivity index (χ4n) is 3.18. The summed E-state index contributed by atoms with van der Waals surface area (Å²) in [6, 6.07) is 16.3. The molecule has 0 fully saturated rings. The van der Waals surface area contributed by atoms with Crippen LogP contribution in [-0.2, 0) is 14.8 Å². The monoisotopic (exact) mass is 527 g/mol. The number of nitrogens with one attached hydrogen (secondary N) is 2. The highest BCUT2D eigenvalue weighted by molar-refractivity contribution is 7.92. The molecule has 0 aliphatic heterocycles. The predicted molar refractivity (Wildman–Crippen MR) is 134 cm³/mol. The summed E-state index contributed by atoms with van der Waals surface area (Å²) in [5, 5.41) is 14.0. The Balaban J connectivity index is 1.71. The highest BCUT2D eigenvalue weighted by Gasteiger charge is 2.23. The maximum Gasteiger partial charge on any atom is 0.338 e. The van der Waals surface area contributed by atoms with Crippen LogP contribution >= 0.6 is 11.6 Å². The Kier molecular flexibility index (Phi) is 6.99. The van der Waals surface area contributed by atoms with Crippen LogP contribution in [0.4, 0.5) is 23.0 Å². The Hall–Kier alpha value is -4.29. The fourth-order valence-corrected chi connectivity index (χ4v) is 4.40. The number of nitro benzene ring substituents is 1. The van der Waals surface area contributed by atoms with E-state index >= 15 is 0 Å². The molecule has 0 atom stereocenters. The number of hydrogen-bond donors (Lipinski definition) is 2. The first-order valence-electron chi connectivity index (χ1n) is 10.5. The van der Waals surface area contributed by atoms with Gasteiger partial charge < -0.3 is 10.1 Å². The number of fused-ring (bicyclic) bond motifs is 1. The highest BCUT2D eigenvalue weighted by atomic mass is 35.5. The molecule has 13 heteroatoms. The topological polar surface area (TPSA) is 153 Å². The van der Waals surface area contributed by atoms with Gasteiger partial charge in [0.2, 0.25) is 0 Å². The molecule has 184 valence electrons. The predicted octanol–water partition coefficient (Wildman–Crippen LogP) is 4.91. The Morgan fingerprint density at radius 2 is 1.67 bits per heavy atom. The highest BCUT2D eigenvalue weighted by Crippen LogP contribution is 2.30. The van der Waals surface area contributed by atoms with Gasteiger partial charge >= 0.3 is 5.97 Å². The molecule has 0 unspecified atom stereocenters. The van der Waals surface area contributed by atoms with E-state index < -0.39 is 26.6 Å². The molecule has 11 nitrogen and oxygen atoms in total. The Morgan fingerprint density at radius 3 is 2.28 bits per heavy atom. The second-order valence-electron chi connectivity index (χ2n) is 7.31. The number of carbonyl (C=O) groups is 1. The number of aromatic nitrogens is 2. The minimum absolute atomic E-state index is 0.0737. The molecule has 0 radical (unpaired) electrons. The number of para-hydroxylation sites is 2. The van der Waals surface area contributed by atoms with Crippen molar-refractivity contribution in [2.75, 3.05) is 16.6 Å². The normalized spacial score (nSPS) is 11.2. The maximum absolute atomic E-state index is 13.1. The number of rotatable bonds is 8. The molecule has 3 aromatic carbocycles. The number of ether oxygens (including phenoxy) is 1. The third-order valence-electron chi connectivity index (χ3n) is 4.88. The summed E-state index contributed by atoms with van der Waals surface area (Å²) >= 11 is 5.81. The van der Waals surface area contributed by atoms with Crippen LogP contribution in [0, 0.1) is 10.1 Å². The van der Waals surface area contributed by atoms with Gasteiger partial charge in [0.1, 0.15) is 5.02 Å². The molecule has 0 aliphatic rings. The molecule has 4 aromatic rings. The number of sulfonamides is 1. The lowest BCUT2D eigenvalue weighted by Gasteiger charge is -2.14. The maximum atomic E-state index is 13.1. The Bertz CT molecular complexity index is 1580. The zero-order valence-corrected chi connectivity index (χ0v) is 20.2. The van der Waals surface area contributed by atoms with Crippen LogP contribution in [0.2, 0.25) is 5.02 Å². The van der Waals surface area contributed by atoms with E-state index in [4.69, 9.17) is 16.3 Å². The summed E-state index contributed by atoms with van der Waals surface area (Å²) < 4.78 is 33.5. The SMILES string of the molecule is CCOC(=O)c1ccc(Nc2nc3ccccc3nc2NS(=O)(=O)c2ccc(Cl)c([N+](=O)[O-])c2)cc1. The van der Waals surface area contributed by atoms with Gasteiger partial charge in [-0.2, -0.15) is 0 Å². The van der Waals surface area contributed by atoms with E-state index in [1.165, 1.54) is 0 Å². The van der Waals surface area contributed by atoms with Crippen molar-refractivity contribution in [2.24, 2.45) is 0 Å². The van der Waals surface area contributed by atoms with E-state index in [0.29, 0.717) is 22.3 Å². The molecular weight excluding hydrogens is 510 g/mol. The number of benzene rings is 3. The lowest BCUT2D eigenvalue weighted by Crippen LogP contribution is -2.16. The number of anilines is 3. The molecule has 1 heterocycles. The minimum Gasteiger partial charge on any atom is -0.462 e. The average Bonchev–Trinajstić information content (AvgIpc) is 2.84. The number of nitro groups is 1. The van der Waals surface area contributed by atoms with Crippen LogP contribution in [-0.4, -0.2) is 35.9 Å². The first-order valence-corrected chi connectivity index (χ1v) is 12.3. The van der Waals surface area contributed by atoms with Crippen LogP contribution in [0.1, 0.15) is 17.3 Å². The van der Waals surface area contributed by atoms with Crippen molar-refractivity contribution in [1.82, 2.24) is 9.97 Å². The molecule has 0 spiro atoms. The first kappa shape index (κ1) is 24.8. The van der Waals surface area contributed by atoms with Gasteiger partial charge in [0.05, 0.1) is 33.0 Å². The van der Waals surface area contributed by atoms with Gasteiger partial charge in [-0.1, -0.05) is 23.7 Å². The van der Waals surface area contributed by atoms with E-state index in [1.807, 2.05) is 0 Å². The van der Waals surface area contributed by atoms with Crippen LogP contribution in [0.25, 0.3) is 11.0 Å². The van der Waals surface area contributed by atoms with E-state index in [9.17, 15) is 23.3 Å². The Labute approximate surface area is 210 Å². The molecule has 36 heavy (non-hydrogen) atoms. The van der Waals surface area contributed by atoms with E-state index in [2.05, 4.69) is 20.0 Å². The van der Waals surface area contributed by atoms with Gasteiger partial charge in [0, 0.05) is 11.8 Å². The molecule has 1 aromatic heterocycles. The molecule has 0 saturated heterocycles. The summed E-state index contributed by atoms with van der Waals surface area (Å²) in [5.41, 5.74) is 1.20. The average molecular weight is 528 g/mol. The van der Waals surface area contributed by atoms with Crippen LogP contribution in [0.5, 0.6) is 0 Å². The van der Waals surface area contributed by atoms with Crippen molar-refractivity contribution in [1.29, 1.82) is 0 Å². The van der Waals surface area contributed by atoms with E-state index in [-0.39, 0.29) is 28.2 Å². The largest absolute Gasteiger partial charge is 0.462 e. The molecule has 0 bridgehead atoms. The third kappa shape index (κ3) is 5.34. The molecule has 4 rings (SSSR count). The summed E-state index contributed by atoms with van der Waals surface area (Å²) in [6.07, 6.45) is 0. The molecule has 0 aliphatic carbocycles. The number of hydrogen-bond acceptors (Lipinski definition) is 9. The quantitative estimate of drug-likeness (QED) is 0.185. The van der Waals surface area contributed by atoms with E-state index in [0.717, 1.165) is 18.2 Å². The zero-order chi connectivity index (χ0) is 25.9. The van der Waals surface area contributed by atoms with Gasteiger partial charge in [-0.3, -0.25) is 14.8 Å². The van der Waals surface area contributed by atoms with Crippen molar-refractivity contribution in [3.63, 3.8) is 0 Å². The number of esters is 1. The summed E-state index contributed by atoms with van der Waals surface area (Å²) in [5.74, 6) is -0.537. The second kappa shape index (κ2) is 10.1. The summed E-state index contributed by atoms with van der Waals surface area (Å²) in [4.78, 5) is 30.8. The summed E-state index contributed by atoms with van der Waals surface area (Å²) in [7, 11) is -4.31. The van der Waals surface area contributed by atoms with Crippen molar-refractivity contribution in [3.05, 3.63) is 87.4 Å². The van der Waals surface area contributed by atoms with Crippen LogP contribution in [0.3, 0.4) is 0 Å². The fraction of sp³-hybridized carbons (Fsp3) is 0.0870. The van der Waals surface area contributed by atoms with Crippen LogP contribution in [0.15, 0.2) is 71.6 Å². The van der Waals surface area contributed by atoms with Crippen molar-refractivity contribution in [3.8, 4) is 0 Å². The zero-order valence-electron chi connectivity index (χ0n) is 18.6. The van der Waals surface area contributed by atoms with Crippen molar-refractivity contribution < 1.29 is 22.9 Å². The third-order valence-corrected chi connectivity index (χ3v) is 6.54. The second-order valence-corrected chi connectivity index (χ2v) is 9.40. The molecule has 0 saturated carbocycles. The minimum atomic E-state index is -4.31. The lowest BCUT2D eigenvalue weighted by molar-refractivity contribution is -0.384. The molecule has 2 N–H and O–H groups in total. The van der Waals surface area contributed by atoms with Gasteiger partial charge in [-0.05, 0) is 55.5 Å². The number of carbonyl (C=O) groups excluding carboxylic acids is 1. The van der Waals surface area contributed by atoms with Gasteiger partial charge in [-0.25, -0.2) is 23.2 Å². The van der Waals surface area contributed by atoms with Gasteiger partial charge in [-0.15, -0.1) is 0 Å². The molecule has 0 amide bonds.